The number of nitrogens with one attached hydrogen (secondary N) is 2. The van der Waals surface area contributed by atoms with E-state index in [0.717, 1.165) is 5.56 Å². The quantitative estimate of drug-likeness (QED) is 0.385. The normalized spacial score (nSPS) is 10.6. The Morgan fingerprint density at radius 1 is 1.03 bits per heavy atom. The van der Waals surface area contributed by atoms with Gasteiger partial charge in [0.1, 0.15) is 17.0 Å². The van der Waals surface area contributed by atoms with Gasteiger partial charge in [-0.1, -0.05) is 23.7 Å². The zero-order valence-corrected chi connectivity index (χ0v) is 18.7. The number of hydrogen-bond acceptors (Lipinski definition) is 6. The second-order valence-electron chi connectivity index (χ2n) is 6.66. The van der Waals surface area contributed by atoms with Crippen molar-refractivity contribution >= 4 is 51.6 Å². The number of rotatable bonds is 5. The average molecular weight is 468 g/mol. The second kappa shape index (κ2) is 9.25. The first-order chi connectivity index (χ1) is 15.5. The Labute approximate surface area is 194 Å². The molecule has 7 nitrogen and oxygen atoms in total. The number of fused-ring (bicyclic) bond motifs is 1. The largest absolute Gasteiger partial charge is 0.496 e. The predicted octanol–water partition coefficient (Wildman–Crippen LogP) is 5.29. The molecule has 0 aliphatic rings. The maximum Gasteiger partial charge on any atom is 0.261 e. The van der Waals surface area contributed by atoms with Gasteiger partial charge in [0.15, 0.2) is 10.7 Å². The number of halogens is 1. The van der Waals surface area contributed by atoms with E-state index in [1.165, 1.54) is 7.11 Å². The number of amides is 1. The zero-order valence-electron chi connectivity index (χ0n) is 17.1. The molecule has 1 amide bonds. The van der Waals surface area contributed by atoms with Crippen molar-refractivity contribution in [2.75, 3.05) is 19.5 Å². The molecule has 3 aromatic carbocycles. The van der Waals surface area contributed by atoms with Gasteiger partial charge in [-0.2, -0.15) is 0 Å². The molecule has 0 saturated heterocycles. The minimum atomic E-state index is -0.374. The summed E-state index contributed by atoms with van der Waals surface area (Å²) in [6.07, 6.45) is 0. The van der Waals surface area contributed by atoms with E-state index in [2.05, 4.69) is 15.6 Å². The molecule has 4 aromatic rings. The molecule has 0 aliphatic heterocycles. The summed E-state index contributed by atoms with van der Waals surface area (Å²) in [6, 6.07) is 17.5. The molecule has 0 unspecified atom stereocenters. The van der Waals surface area contributed by atoms with Crippen LogP contribution in [-0.2, 0) is 0 Å². The van der Waals surface area contributed by atoms with Crippen LogP contribution in [0.2, 0.25) is 5.02 Å². The van der Waals surface area contributed by atoms with Gasteiger partial charge in [0.25, 0.3) is 5.91 Å². The number of anilines is 1. The molecular formula is C23H18ClN3O4S. The summed E-state index contributed by atoms with van der Waals surface area (Å²) in [7, 11) is 3.06. The number of nitrogens with zero attached hydrogens (tertiary/aromatic N) is 1. The average Bonchev–Trinajstić information content (AvgIpc) is 3.22. The molecular weight excluding hydrogens is 450 g/mol. The van der Waals surface area contributed by atoms with Crippen LogP contribution in [-0.4, -0.2) is 30.2 Å². The summed E-state index contributed by atoms with van der Waals surface area (Å²) >= 11 is 11.5. The molecule has 1 heterocycles. The van der Waals surface area contributed by atoms with E-state index in [1.807, 2.05) is 6.07 Å². The Bertz CT molecular complexity index is 1320. The van der Waals surface area contributed by atoms with Crippen LogP contribution in [0.25, 0.3) is 22.6 Å². The van der Waals surface area contributed by atoms with Crippen LogP contribution in [0.15, 0.2) is 65.1 Å². The van der Waals surface area contributed by atoms with Crippen LogP contribution in [0.1, 0.15) is 10.4 Å². The van der Waals surface area contributed by atoms with E-state index in [1.54, 1.807) is 61.7 Å². The number of para-hydroxylation sites is 1. The summed E-state index contributed by atoms with van der Waals surface area (Å²) in [6.45, 7) is 0. The van der Waals surface area contributed by atoms with Crippen LogP contribution < -0.4 is 20.1 Å². The third-order valence-electron chi connectivity index (χ3n) is 4.62. The van der Waals surface area contributed by atoms with Gasteiger partial charge >= 0.3 is 0 Å². The van der Waals surface area contributed by atoms with Crippen LogP contribution in [0, 0.1) is 0 Å². The molecule has 1 aromatic heterocycles. The lowest BCUT2D eigenvalue weighted by Gasteiger charge is -2.11. The molecule has 0 radical (unpaired) electrons. The summed E-state index contributed by atoms with van der Waals surface area (Å²) in [5, 5.41) is 6.24. The Kier molecular flexibility index (Phi) is 6.25. The maximum atomic E-state index is 12.5. The predicted molar refractivity (Wildman–Crippen MR) is 128 cm³/mol. The van der Waals surface area contributed by atoms with Gasteiger partial charge < -0.3 is 19.2 Å². The maximum absolute atomic E-state index is 12.5. The van der Waals surface area contributed by atoms with Gasteiger partial charge in [0, 0.05) is 11.3 Å². The van der Waals surface area contributed by atoms with Crippen molar-refractivity contribution in [2.45, 2.75) is 0 Å². The highest BCUT2D eigenvalue weighted by molar-refractivity contribution is 7.80. The number of hydrogen-bond donors (Lipinski definition) is 2. The van der Waals surface area contributed by atoms with Gasteiger partial charge in [-0.25, -0.2) is 4.98 Å². The standard InChI is InChI=1S/C23H18ClN3O4S/c1-29-18-6-4-3-5-15(18)21(28)27-23(32)25-14-8-10-20-17(12-14)26-22(31-20)13-7-9-19(30-2)16(24)11-13/h3-12H,1-2H3,(H2,25,27,28,32). The van der Waals surface area contributed by atoms with Crippen molar-refractivity contribution in [1.29, 1.82) is 0 Å². The first-order valence-corrected chi connectivity index (χ1v) is 10.3. The zero-order chi connectivity index (χ0) is 22.7. The fourth-order valence-corrected chi connectivity index (χ4v) is 3.56. The summed E-state index contributed by atoms with van der Waals surface area (Å²) in [5.41, 5.74) is 2.97. The SMILES string of the molecule is COc1ccc(-c2nc3cc(NC(=S)NC(=O)c4ccccc4OC)ccc3o2)cc1Cl. The van der Waals surface area contributed by atoms with Crippen molar-refractivity contribution in [1.82, 2.24) is 10.3 Å². The Morgan fingerprint density at radius 3 is 2.56 bits per heavy atom. The van der Waals surface area contributed by atoms with Crippen molar-refractivity contribution < 1.29 is 18.7 Å². The smallest absolute Gasteiger partial charge is 0.261 e. The van der Waals surface area contributed by atoms with Gasteiger partial charge in [-0.15, -0.1) is 0 Å². The van der Waals surface area contributed by atoms with E-state index in [0.29, 0.717) is 44.8 Å². The molecule has 0 aliphatic carbocycles. The molecule has 0 spiro atoms. The third-order valence-corrected chi connectivity index (χ3v) is 5.12. The molecule has 0 fully saturated rings. The highest BCUT2D eigenvalue weighted by Crippen LogP contribution is 2.32. The van der Waals surface area contributed by atoms with Gasteiger partial charge in [-0.3, -0.25) is 10.1 Å². The molecule has 0 saturated carbocycles. The molecule has 0 bridgehead atoms. The third kappa shape index (κ3) is 4.51. The van der Waals surface area contributed by atoms with Crippen molar-refractivity contribution in [3.63, 3.8) is 0 Å². The lowest BCUT2D eigenvalue weighted by molar-refractivity contribution is 0.0975. The number of carbonyl (C=O) groups excluding carboxylic acids is 1. The topological polar surface area (TPSA) is 85.6 Å². The number of ether oxygens (including phenoxy) is 2. The minimum absolute atomic E-state index is 0.144. The van der Waals surface area contributed by atoms with E-state index >= 15 is 0 Å². The second-order valence-corrected chi connectivity index (χ2v) is 7.47. The number of aromatic nitrogens is 1. The first kappa shape index (κ1) is 21.6. The number of thiocarbonyl (C=S) groups is 1. The molecule has 162 valence electrons. The Morgan fingerprint density at radius 2 is 1.81 bits per heavy atom. The number of benzene rings is 3. The van der Waals surface area contributed by atoms with Gasteiger partial charge in [0.2, 0.25) is 5.89 Å². The van der Waals surface area contributed by atoms with E-state index in [-0.39, 0.29) is 11.0 Å². The van der Waals surface area contributed by atoms with Crippen LogP contribution >= 0.6 is 23.8 Å². The molecule has 0 atom stereocenters. The van der Waals surface area contributed by atoms with Crippen LogP contribution in [0.5, 0.6) is 11.5 Å². The van der Waals surface area contributed by atoms with E-state index in [4.69, 9.17) is 37.7 Å². The van der Waals surface area contributed by atoms with Crippen LogP contribution in [0.4, 0.5) is 5.69 Å². The molecule has 9 heteroatoms. The Hall–Kier alpha value is -3.62. The van der Waals surface area contributed by atoms with Crippen LogP contribution in [0.3, 0.4) is 0 Å². The summed E-state index contributed by atoms with van der Waals surface area (Å²) < 4.78 is 16.2. The number of carbonyl (C=O) groups is 1. The van der Waals surface area contributed by atoms with Gasteiger partial charge in [0.05, 0.1) is 24.8 Å². The number of methoxy groups -OCH3 is 2. The molecule has 2 N–H and O–H groups in total. The van der Waals surface area contributed by atoms with Crippen molar-refractivity contribution in [3.8, 4) is 23.0 Å². The van der Waals surface area contributed by atoms with Gasteiger partial charge in [-0.05, 0) is 60.7 Å². The van der Waals surface area contributed by atoms with E-state index < -0.39 is 0 Å². The Balaban J connectivity index is 1.50. The lowest BCUT2D eigenvalue weighted by Crippen LogP contribution is -2.34. The molecule has 4 rings (SSSR count). The monoisotopic (exact) mass is 467 g/mol. The fraction of sp³-hybridized carbons (Fsp3) is 0.0870. The van der Waals surface area contributed by atoms with Crippen molar-refractivity contribution in [2.24, 2.45) is 0 Å². The highest BCUT2D eigenvalue weighted by Gasteiger charge is 2.14. The first-order valence-electron chi connectivity index (χ1n) is 9.48. The highest BCUT2D eigenvalue weighted by atomic mass is 35.5. The summed E-state index contributed by atoms with van der Waals surface area (Å²) in [4.78, 5) is 17.0. The summed E-state index contributed by atoms with van der Waals surface area (Å²) in [5.74, 6) is 1.08. The lowest BCUT2D eigenvalue weighted by atomic mass is 10.2. The molecule has 32 heavy (non-hydrogen) atoms. The minimum Gasteiger partial charge on any atom is -0.496 e. The fourth-order valence-electron chi connectivity index (χ4n) is 3.09. The van der Waals surface area contributed by atoms with E-state index in [9.17, 15) is 4.79 Å². The van der Waals surface area contributed by atoms with Crippen molar-refractivity contribution in [3.05, 3.63) is 71.2 Å². The number of oxazole rings is 1.